The maximum absolute atomic E-state index is 13.0. The highest BCUT2D eigenvalue weighted by molar-refractivity contribution is 5.92. The Kier molecular flexibility index (Phi) is 4.87. The van der Waals surface area contributed by atoms with Crippen molar-refractivity contribution in [1.82, 2.24) is 14.9 Å². The van der Waals surface area contributed by atoms with Gasteiger partial charge in [0.25, 0.3) is 5.91 Å². The summed E-state index contributed by atoms with van der Waals surface area (Å²) in [5.74, 6) is 0.404. The van der Waals surface area contributed by atoms with Crippen LogP contribution in [0.25, 0.3) is 0 Å². The maximum atomic E-state index is 13.0. The Bertz CT molecular complexity index is 700. The van der Waals surface area contributed by atoms with Gasteiger partial charge in [-0.25, -0.2) is 9.97 Å². The number of rotatable bonds is 3. The van der Waals surface area contributed by atoms with Crippen LogP contribution in [0.15, 0.2) is 36.4 Å². The summed E-state index contributed by atoms with van der Waals surface area (Å²) in [6.07, 6.45) is -0.450. The van der Waals surface area contributed by atoms with Crippen molar-refractivity contribution in [2.45, 2.75) is 26.0 Å². The van der Waals surface area contributed by atoms with Gasteiger partial charge >= 0.3 is 0 Å². The second kappa shape index (κ2) is 7.07. The molecule has 1 amide bonds. The van der Waals surface area contributed by atoms with Crippen LogP contribution in [-0.2, 0) is 4.74 Å². The summed E-state index contributed by atoms with van der Waals surface area (Å²) in [7, 11) is 0. The zero-order chi connectivity index (χ0) is 17.1. The number of carbonyl (C=O) groups is 1. The van der Waals surface area contributed by atoms with Gasteiger partial charge in [0.2, 0.25) is 0 Å². The van der Waals surface area contributed by atoms with Crippen molar-refractivity contribution in [1.29, 1.82) is 0 Å². The van der Waals surface area contributed by atoms with Gasteiger partial charge in [0.15, 0.2) is 0 Å². The Labute approximate surface area is 141 Å². The SMILES string of the molecule is Cc1cc(C(=O)N2CCO[C@H](CO)[C@H]2c2ccccc2)nc(C)n1. The molecule has 2 atom stereocenters. The van der Waals surface area contributed by atoms with Crippen molar-refractivity contribution < 1.29 is 14.6 Å². The summed E-state index contributed by atoms with van der Waals surface area (Å²) >= 11 is 0. The molecule has 2 aromatic rings. The predicted molar refractivity (Wildman–Crippen MR) is 88.6 cm³/mol. The van der Waals surface area contributed by atoms with Crippen molar-refractivity contribution >= 4 is 5.91 Å². The number of hydrogen-bond acceptors (Lipinski definition) is 5. The molecule has 1 aromatic carbocycles. The predicted octanol–water partition coefficient (Wildman–Crippen LogP) is 1.67. The molecule has 0 saturated carbocycles. The fourth-order valence-electron chi connectivity index (χ4n) is 3.13. The molecule has 3 rings (SSSR count). The van der Waals surface area contributed by atoms with Crippen LogP contribution < -0.4 is 0 Å². The van der Waals surface area contributed by atoms with Crippen LogP contribution in [0.2, 0.25) is 0 Å². The minimum Gasteiger partial charge on any atom is -0.394 e. The smallest absolute Gasteiger partial charge is 0.273 e. The molecular weight excluding hydrogens is 306 g/mol. The van der Waals surface area contributed by atoms with E-state index in [-0.39, 0.29) is 18.6 Å². The number of aliphatic hydroxyl groups is 1. The van der Waals surface area contributed by atoms with Gasteiger partial charge in [-0.1, -0.05) is 30.3 Å². The average Bonchev–Trinajstić information content (AvgIpc) is 2.60. The largest absolute Gasteiger partial charge is 0.394 e. The minimum absolute atomic E-state index is 0.148. The van der Waals surface area contributed by atoms with Crippen molar-refractivity contribution in [3.63, 3.8) is 0 Å². The molecule has 6 nitrogen and oxygen atoms in total. The van der Waals surface area contributed by atoms with Gasteiger partial charge in [-0.05, 0) is 25.5 Å². The van der Waals surface area contributed by atoms with Crippen molar-refractivity contribution in [2.24, 2.45) is 0 Å². The normalized spacial score (nSPS) is 20.9. The van der Waals surface area contributed by atoms with Crippen molar-refractivity contribution in [3.8, 4) is 0 Å². The first-order chi connectivity index (χ1) is 11.6. The lowest BCUT2D eigenvalue weighted by atomic mass is 9.98. The lowest BCUT2D eigenvalue weighted by Crippen LogP contribution is -2.49. The zero-order valence-corrected chi connectivity index (χ0v) is 13.8. The number of aliphatic hydroxyl groups excluding tert-OH is 1. The summed E-state index contributed by atoms with van der Waals surface area (Å²) in [5.41, 5.74) is 2.07. The number of benzene rings is 1. The number of aryl methyl sites for hydroxylation is 2. The van der Waals surface area contributed by atoms with Gasteiger partial charge in [0, 0.05) is 12.2 Å². The van der Waals surface area contributed by atoms with E-state index >= 15 is 0 Å². The second-order valence-electron chi connectivity index (χ2n) is 5.89. The van der Waals surface area contributed by atoms with Crippen LogP contribution in [0, 0.1) is 13.8 Å². The third-order valence-electron chi connectivity index (χ3n) is 4.12. The lowest BCUT2D eigenvalue weighted by molar-refractivity contribution is -0.0812. The molecule has 6 heteroatoms. The molecule has 24 heavy (non-hydrogen) atoms. The third kappa shape index (κ3) is 3.29. The molecule has 0 radical (unpaired) electrons. The van der Waals surface area contributed by atoms with Crippen molar-refractivity contribution in [3.05, 3.63) is 59.2 Å². The fraction of sp³-hybridized carbons (Fsp3) is 0.389. The summed E-state index contributed by atoms with van der Waals surface area (Å²) in [4.78, 5) is 23.3. The summed E-state index contributed by atoms with van der Waals surface area (Å²) in [5, 5.41) is 9.69. The number of amides is 1. The summed E-state index contributed by atoms with van der Waals surface area (Å²) < 4.78 is 5.68. The highest BCUT2D eigenvalue weighted by Gasteiger charge is 2.36. The van der Waals surface area contributed by atoms with Gasteiger partial charge in [-0.2, -0.15) is 0 Å². The molecule has 1 fully saturated rings. The van der Waals surface area contributed by atoms with Crippen LogP contribution in [0.5, 0.6) is 0 Å². The van der Waals surface area contributed by atoms with E-state index in [1.807, 2.05) is 37.3 Å². The van der Waals surface area contributed by atoms with E-state index in [1.54, 1.807) is 17.9 Å². The highest BCUT2D eigenvalue weighted by atomic mass is 16.5. The van der Waals surface area contributed by atoms with Gasteiger partial charge in [0.05, 0.1) is 19.3 Å². The van der Waals surface area contributed by atoms with Crippen LogP contribution in [0.4, 0.5) is 0 Å². The quantitative estimate of drug-likeness (QED) is 0.928. The minimum atomic E-state index is -0.450. The first kappa shape index (κ1) is 16.5. The van der Waals surface area contributed by atoms with Gasteiger partial charge in [-0.3, -0.25) is 4.79 Å². The van der Waals surface area contributed by atoms with Crippen LogP contribution >= 0.6 is 0 Å². The first-order valence-electron chi connectivity index (χ1n) is 8.01. The number of hydrogen-bond donors (Lipinski definition) is 1. The summed E-state index contributed by atoms with van der Waals surface area (Å²) in [6, 6.07) is 11.0. The van der Waals surface area contributed by atoms with Gasteiger partial charge in [0.1, 0.15) is 17.6 Å². The Morgan fingerprint density at radius 3 is 2.71 bits per heavy atom. The first-order valence-corrected chi connectivity index (χ1v) is 8.01. The van der Waals surface area contributed by atoms with Crippen molar-refractivity contribution in [2.75, 3.05) is 19.8 Å². The van der Waals surface area contributed by atoms with Crippen LogP contribution in [-0.4, -0.2) is 51.7 Å². The summed E-state index contributed by atoms with van der Waals surface area (Å²) in [6.45, 7) is 4.32. The van der Waals surface area contributed by atoms with Crippen LogP contribution in [0.3, 0.4) is 0 Å². The molecule has 2 heterocycles. The van der Waals surface area contributed by atoms with E-state index in [0.29, 0.717) is 24.7 Å². The monoisotopic (exact) mass is 327 g/mol. The molecule has 1 aliphatic rings. The Hall–Kier alpha value is -2.31. The molecule has 1 aliphatic heterocycles. The van der Waals surface area contributed by atoms with Gasteiger partial charge < -0.3 is 14.7 Å². The van der Waals surface area contributed by atoms with E-state index in [0.717, 1.165) is 11.3 Å². The average molecular weight is 327 g/mol. The Balaban J connectivity index is 1.98. The lowest BCUT2D eigenvalue weighted by Gasteiger charge is -2.40. The highest BCUT2D eigenvalue weighted by Crippen LogP contribution is 2.30. The van der Waals surface area contributed by atoms with E-state index in [9.17, 15) is 9.90 Å². The molecule has 1 N–H and O–H groups in total. The topological polar surface area (TPSA) is 75.6 Å². The van der Waals surface area contributed by atoms with E-state index in [1.165, 1.54) is 0 Å². The zero-order valence-electron chi connectivity index (χ0n) is 13.8. The van der Waals surface area contributed by atoms with E-state index in [2.05, 4.69) is 9.97 Å². The third-order valence-corrected chi connectivity index (χ3v) is 4.12. The van der Waals surface area contributed by atoms with E-state index in [4.69, 9.17) is 4.74 Å². The number of carbonyl (C=O) groups excluding carboxylic acids is 1. The number of ether oxygens (including phenoxy) is 1. The Morgan fingerprint density at radius 2 is 2.04 bits per heavy atom. The molecular formula is C18H21N3O3. The standard InChI is InChI=1S/C18H21N3O3/c1-12-10-15(20-13(2)19-12)18(23)21-8-9-24-16(11-22)17(21)14-6-4-3-5-7-14/h3-7,10,16-17,22H,8-9,11H2,1-2H3/t16-,17-/m1/s1. The Morgan fingerprint density at radius 1 is 1.29 bits per heavy atom. The number of nitrogens with zero attached hydrogens (tertiary/aromatic N) is 3. The fourth-order valence-corrected chi connectivity index (χ4v) is 3.13. The molecule has 0 bridgehead atoms. The molecule has 0 unspecified atom stereocenters. The molecule has 126 valence electrons. The van der Waals surface area contributed by atoms with Crippen LogP contribution in [0.1, 0.15) is 33.6 Å². The number of morpholine rings is 1. The second-order valence-corrected chi connectivity index (χ2v) is 5.89. The molecule has 1 saturated heterocycles. The number of aromatic nitrogens is 2. The van der Waals surface area contributed by atoms with E-state index < -0.39 is 6.10 Å². The molecule has 0 spiro atoms. The van der Waals surface area contributed by atoms with Gasteiger partial charge in [-0.15, -0.1) is 0 Å². The maximum Gasteiger partial charge on any atom is 0.273 e. The molecule has 0 aliphatic carbocycles. The molecule has 1 aromatic heterocycles.